The van der Waals surface area contributed by atoms with Gasteiger partial charge in [-0.25, -0.2) is 13.2 Å². The SMILES string of the molecule is NC1=NN=C(c2cc(F)c(F)c(F)c2)CC1. The van der Waals surface area contributed by atoms with Gasteiger partial charge in [-0.2, -0.15) is 5.10 Å². The van der Waals surface area contributed by atoms with E-state index in [1.165, 1.54) is 0 Å². The van der Waals surface area contributed by atoms with E-state index in [0.717, 1.165) is 12.1 Å². The second-order valence-corrected chi connectivity index (χ2v) is 3.39. The quantitative estimate of drug-likeness (QED) is 0.732. The first kappa shape index (κ1) is 10.7. The van der Waals surface area contributed by atoms with Crippen molar-refractivity contribution >= 4 is 11.5 Å². The summed E-state index contributed by atoms with van der Waals surface area (Å²) in [5, 5.41) is 7.33. The van der Waals surface area contributed by atoms with Crippen LogP contribution in [0.2, 0.25) is 0 Å². The number of hydrogen-bond donors (Lipinski definition) is 1. The van der Waals surface area contributed by atoms with E-state index in [1.807, 2.05) is 0 Å². The maximum absolute atomic E-state index is 12.9. The average Bonchev–Trinajstić information content (AvgIpc) is 2.26. The molecule has 0 fully saturated rings. The third-order valence-corrected chi connectivity index (χ3v) is 2.23. The maximum Gasteiger partial charge on any atom is 0.194 e. The Morgan fingerprint density at radius 1 is 1.00 bits per heavy atom. The molecule has 1 aliphatic rings. The number of halogens is 3. The molecule has 0 radical (unpaired) electrons. The van der Waals surface area contributed by atoms with Crippen LogP contribution in [-0.4, -0.2) is 11.5 Å². The summed E-state index contributed by atoms with van der Waals surface area (Å²) in [5.74, 6) is -3.59. The Labute approximate surface area is 89.5 Å². The normalized spacial score (nSPS) is 15.7. The summed E-state index contributed by atoms with van der Waals surface area (Å²) in [4.78, 5) is 0. The number of rotatable bonds is 1. The predicted octanol–water partition coefficient (Wildman–Crippen LogP) is 1.96. The van der Waals surface area contributed by atoms with Gasteiger partial charge in [0.25, 0.3) is 0 Å². The molecule has 0 aliphatic carbocycles. The van der Waals surface area contributed by atoms with Crippen LogP contribution < -0.4 is 5.73 Å². The van der Waals surface area contributed by atoms with Crippen molar-refractivity contribution in [1.29, 1.82) is 0 Å². The minimum Gasteiger partial charge on any atom is -0.386 e. The number of nitrogens with zero attached hydrogens (tertiary/aromatic N) is 2. The van der Waals surface area contributed by atoms with Crippen molar-refractivity contribution in [2.45, 2.75) is 12.8 Å². The molecule has 0 saturated heterocycles. The summed E-state index contributed by atoms with van der Waals surface area (Å²) < 4.78 is 38.6. The summed E-state index contributed by atoms with van der Waals surface area (Å²) in [6, 6.07) is 1.79. The van der Waals surface area contributed by atoms with Gasteiger partial charge in [0.05, 0.1) is 5.71 Å². The van der Waals surface area contributed by atoms with Gasteiger partial charge in [0.15, 0.2) is 17.5 Å². The first-order valence-electron chi connectivity index (χ1n) is 4.61. The molecule has 16 heavy (non-hydrogen) atoms. The summed E-state index contributed by atoms with van der Waals surface area (Å²) >= 11 is 0. The predicted molar refractivity (Wildman–Crippen MR) is 53.7 cm³/mol. The Morgan fingerprint density at radius 3 is 2.12 bits per heavy atom. The van der Waals surface area contributed by atoms with Crippen LogP contribution in [0.15, 0.2) is 22.3 Å². The van der Waals surface area contributed by atoms with Gasteiger partial charge >= 0.3 is 0 Å². The lowest BCUT2D eigenvalue weighted by atomic mass is 10.0. The molecule has 3 nitrogen and oxygen atoms in total. The lowest BCUT2D eigenvalue weighted by Gasteiger charge is -2.09. The molecule has 1 aromatic carbocycles. The van der Waals surface area contributed by atoms with Crippen LogP contribution in [0.25, 0.3) is 0 Å². The van der Waals surface area contributed by atoms with Crippen molar-refractivity contribution in [3.05, 3.63) is 35.1 Å². The fraction of sp³-hybridized carbons (Fsp3) is 0.200. The van der Waals surface area contributed by atoms with E-state index in [9.17, 15) is 13.2 Å². The molecule has 0 atom stereocenters. The molecule has 84 valence electrons. The molecule has 0 spiro atoms. The van der Waals surface area contributed by atoms with Crippen molar-refractivity contribution in [2.24, 2.45) is 15.9 Å². The molecule has 2 rings (SSSR count). The third kappa shape index (κ3) is 1.91. The highest BCUT2D eigenvalue weighted by Gasteiger charge is 2.15. The molecule has 0 aromatic heterocycles. The number of nitrogens with two attached hydrogens (primary N) is 1. The van der Waals surface area contributed by atoms with Gasteiger partial charge in [-0.05, 0) is 18.6 Å². The van der Waals surface area contributed by atoms with E-state index in [0.29, 0.717) is 24.4 Å². The highest BCUT2D eigenvalue weighted by atomic mass is 19.2. The first-order valence-corrected chi connectivity index (χ1v) is 4.61. The first-order chi connectivity index (χ1) is 7.58. The molecule has 1 heterocycles. The van der Waals surface area contributed by atoms with E-state index in [-0.39, 0.29) is 5.56 Å². The van der Waals surface area contributed by atoms with Crippen molar-refractivity contribution in [3.8, 4) is 0 Å². The Hall–Kier alpha value is -1.85. The minimum absolute atomic E-state index is 0.188. The number of hydrogen-bond acceptors (Lipinski definition) is 3. The lowest BCUT2D eigenvalue weighted by Crippen LogP contribution is -2.18. The zero-order valence-electron chi connectivity index (χ0n) is 8.17. The lowest BCUT2D eigenvalue weighted by molar-refractivity contribution is 0.447. The van der Waals surface area contributed by atoms with Crippen LogP contribution >= 0.6 is 0 Å². The standard InChI is InChI=1S/C10H8F3N3/c11-6-3-5(4-7(12)10(6)13)8-1-2-9(14)16-15-8/h3-4H,1-2H2,(H2,14,16). The van der Waals surface area contributed by atoms with Crippen molar-refractivity contribution in [1.82, 2.24) is 0 Å². The van der Waals surface area contributed by atoms with Crippen molar-refractivity contribution < 1.29 is 13.2 Å². The van der Waals surface area contributed by atoms with Crippen molar-refractivity contribution in [3.63, 3.8) is 0 Å². The third-order valence-electron chi connectivity index (χ3n) is 2.23. The second-order valence-electron chi connectivity index (χ2n) is 3.39. The highest BCUT2D eigenvalue weighted by Crippen LogP contribution is 2.17. The smallest absolute Gasteiger partial charge is 0.194 e. The van der Waals surface area contributed by atoms with E-state index in [4.69, 9.17) is 5.73 Å². The van der Waals surface area contributed by atoms with E-state index >= 15 is 0 Å². The molecule has 2 N–H and O–H groups in total. The van der Waals surface area contributed by atoms with Crippen LogP contribution in [0.4, 0.5) is 13.2 Å². The van der Waals surface area contributed by atoms with Crippen LogP contribution in [0.5, 0.6) is 0 Å². The van der Waals surface area contributed by atoms with E-state index < -0.39 is 17.5 Å². The van der Waals surface area contributed by atoms with Gasteiger partial charge in [-0.15, -0.1) is 5.10 Å². The van der Waals surface area contributed by atoms with Crippen LogP contribution in [0, 0.1) is 17.5 Å². The summed E-state index contributed by atoms with van der Waals surface area (Å²) in [6.07, 6.45) is 0.902. The van der Waals surface area contributed by atoms with Gasteiger partial charge in [-0.3, -0.25) is 0 Å². The van der Waals surface area contributed by atoms with Gasteiger partial charge in [0.2, 0.25) is 0 Å². The molecule has 1 aliphatic heterocycles. The molecular formula is C10H8F3N3. The van der Waals surface area contributed by atoms with Gasteiger partial charge in [0.1, 0.15) is 5.84 Å². The molecule has 6 heteroatoms. The Bertz CT molecular complexity index is 471. The summed E-state index contributed by atoms with van der Waals surface area (Å²) in [7, 11) is 0. The van der Waals surface area contributed by atoms with E-state index in [2.05, 4.69) is 10.2 Å². The molecule has 1 aromatic rings. The maximum atomic E-state index is 12.9. The fourth-order valence-electron chi connectivity index (χ4n) is 1.40. The van der Waals surface area contributed by atoms with Gasteiger partial charge in [-0.1, -0.05) is 0 Å². The van der Waals surface area contributed by atoms with Crippen LogP contribution in [0.3, 0.4) is 0 Å². The van der Waals surface area contributed by atoms with Gasteiger partial charge < -0.3 is 5.73 Å². The monoisotopic (exact) mass is 227 g/mol. The number of benzene rings is 1. The van der Waals surface area contributed by atoms with Gasteiger partial charge in [0, 0.05) is 12.0 Å². The zero-order valence-corrected chi connectivity index (χ0v) is 8.17. The van der Waals surface area contributed by atoms with Crippen LogP contribution in [-0.2, 0) is 0 Å². The Kier molecular flexibility index (Phi) is 2.64. The fourth-order valence-corrected chi connectivity index (χ4v) is 1.40. The number of amidine groups is 1. The molecule has 0 bridgehead atoms. The van der Waals surface area contributed by atoms with Crippen molar-refractivity contribution in [2.75, 3.05) is 0 Å². The van der Waals surface area contributed by atoms with E-state index in [1.54, 1.807) is 0 Å². The molecule has 0 unspecified atom stereocenters. The summed E-state index contributed by atoms with van der Waals surface area (Å²) in [6.45, 7) is 0. The molecule has 0 amide bonds. The zero-order chi connectivity index (χ0) is 11.7. The Morgan fingerprint density at radius 2 is 1.62 bits per heavy atom. The largest absolute Gasteiger partial charge is 0.386 e. The topological polar surface area (TPSA) is 50.7 Å². The molecule has 0 saturated carbocycles. The second kappa shape index (κ2) is 3.96. The minimum atomic E-state index is -1.48. The Balaban J connectivity index is 2.42. The van der Waals surface area contributed by atoms with Crippen LogP contribution in [0.1, 0.15) is 18.4 Å². The summed E-state index contributed by atoms with van der Waals surface area (Å²) in [5.41, 5.74) is 5.98. The highest BCUT2D eigenvalue weighted by molar-refractivity contribution is 6.04. The average molecular weight is 227 g/mol. The molecular weight excluding hydrogens is 219 g/mol.